The molecule has 0 amide bonds. The highest BCUT2D eigenvalue weighted by Crippen LogP contribution is 2.05. The Kier molecular flexibility index (Phi) is 2.67. The van der Waals surface area contributed by atoms with Gasteiger partial charge in [-0.25, -0.2) is 0 Å². The molecule has 0 unspecified atom stereocenters. The Morgan fingerprint density at radius 3 is 2.29 bits per heavy atom. The minimum atomic E-state index is 1.07. The standard InChI is InChI=1S/C13H10S/c1-11-2-4-12(5-3-11)6-7-13-8-9-14-10-13/h2-5,8-10H,1H3. The monoisotopic (exact) mass is 198 g/mol. The first kappa shape index (κ1) is 9.05. The maximum atomic E-state index is 3.13. The van der Waals surface area contributed by atoms with Crippen molar-refractivity contribution in [2.24, 2.45) is 0 Å². The maximum absolute atomic E-state index is 3.13. The summed E-state index contributed by atoms with van der Waals surface area (Å²) in [5.74, 6) is 6.25. The molecule has 1 heterocycles. The van der Waals surface area contributed by atoms with Crippen LogP contribution in [-0.2, 0) is 0 Å². The van der Waals surface area contributed by atoms with Crippen LogP contribution >= 0.6 is 11.3 Å². The van der Waals surface area contributed by atoms with Crippen molar-refractivity contribution >= 4 is 11.3 Å². The molecule has 0 bridgehead atoms. The van der Waals surface area contributed by atoms with E-state index in [1.165, 1.54) is 5.56 Å². The lowest BCUT2D eigenvalue weighted by Crippen LogP contribution is -1.75. The summed E-state index contributed by atoms with van der Waals surface area (Å²) in [5, 5.41) is 4.10. The van der Waals surface area contributed by atoms with Crippen LogP contribution in [0, 0.1) is 18.8 Å². The fourth-order valence-electron chi connectivity index (χ4n) is 1.12. The van der Waals surface area contributed by atoms with Crippen LogP contribution in [-0.4, -0.2) is 0 Å². The molecule has 2 rings (SSSR count). The van der Waals surface area contributed by atoms with Gasteiger partial charge in [0.2, 0.25) is 0 Å². The molecule has 1 aromatic heterocycles. The highest BCUT2D eigenvalue weighted by Gasteiger charge is 1.87. The summed E-state index contributed by atoms with van der Waals surface area (Å²) in [7, 11) is 0. The second-order valence-electron chi connectivity index (χ2n) is 3.13. The fraction of sp³-hybridized carbons (Fsp3) is 0.0769. The van der Waals surface area contributed by atoms with Gasteiger partial charge in [0, 0.05) is 16.5 Å². The van der Waals surface area contributed by atoms with Gasteiger partial charge in [-0.3, -0.25) is 0 Å². The van der Waals surface area contributed by atoms with Crippen molar-refractivity contribution in [1.82, 2.24) is 0 Å². The van der Waals surface area contributed by atoms with E-state index in [0.717, 1.165) is 11.1 Å². The molecule has 0 aliphatic carbocycles. The van der Waals surface area contributed by atoms with E-state index in [1.54, 1.807) is 11.3 Å². The molecule has 0 atom stereocenters. The Bertz CT molecular complexity index is 452. The van der Waals surface area contributed by atoms with Crippen LogP contribution in [0.25, 0.3) is 0 Å². The lowest BCUT2D eigenvalue weighted by atomic mass is 10.1. The minimum Gasteiger partial charge on any atom is -0.151 e. The summed E-state index contributed by atoms with van der Waals surface area (Å²) < 4.78 is 0. The predicted molar refractivity (Wildman–Crippen MR) is 61.5 cm³/mol. The van der Waals surface area contributed by atoms with Gasteiger partial charge in [-0.15, -0.1) is 0 Å². The molecule has 1 aromatic carbocycles. The van der Waals surface area contributed by atoms with Crippen molar-refractivity contribution in [1.29, 1.82) is 0 Å². The molecular weight excluding hydrogens is 188 g/mol. The molecule has 0 saturated heterocycles. The average molecular weight is 198 g/mol. The summed E-state index contributed by atoms with van der Waals surface area (Å²) in [5.41, 5.74) is 3.43. The van der Waals surface area contributed by atoms with Gasteiger partial charge in [0.15, 0.2) is 0 Å². The minimum absolute atomic E-state index is 1.07. The Labute approximate surface area is 88.2 Å². The van der Waals surface area contributed by atoms with Gasteiger partial charge in [0.25, 0.3) is 0 Å². The summed E-state index contributed by atoms with van der Waals surface area (Å²) >= 11 is 1.67. The van der Waals surface area contributed by atoms with E-state index in [2.05, 4.69) is 48.4 Å². The third-order valence-corrected chi connectivity index (χ3v) is 2.61. The normalized spacial score (nSPS) is 9.21. The number of thiophene rings is 1. The molecule has 0 radical (unpaired) electrons. The third-order valence-electron chi connectivity index (χ3n) is 1.92. The van der Waals surface area contributed by atoms with E-state index in [4.69, 9.17) is 0 Å². The lowest BCUT2D eigenvalue weighted by molar-refractivity contribution is 1.46. The first-order valence-corrected chi connectivity index (χ1v) is 5.40. The van der Waals surface area contributed by atoms with Crippen molar-refractivity contribution in [3.8, 4) is 11.8 Å². The topological polar surface area (TPSA) is 0 Å². The highest BCUT2D eigenvalue weighted by molar-refractivity contribution is 7.08. The zero-order chi connectivity index (χ0) is 9.80. The number of hydrogen-bond donors (Lipinski definition) is 0. The number of benzene rings is 1. The molecule has 2 aromatic rings. The molecule has 0 fully saturated rings. The molecular formula is C13H10S. The van der Waals surface area contributed by atoms with Gasteiger partial charge in [-0.1, -0.05) is 29.5 Å². The molecule has 0 N–H and O–H groups in total. The molecule has 0 spiro atoms. The zero-order valence-corrected chi connectivity index (χ0v) is 8.77. The van der Waals surface area contributed by atoms with Crippen molar-refractivity contribution < 1.29 is 0 Å². The van der Waals surface area contributed by atoms with Gasteiger partial charge in [0.05, 0.1) is 0 Å². The van der Waals surface area contributed by atoms with E-state index >= 15 is 0 Å². The number of rotatable bonds is 0. The number of aryl methyl sites for hydroxylation is 1. The molecule has 0 saturated carbocycles. The van der Waals surface area contributed by atoms with Gasteiger partial charge in [-0.05, 0) is 30.5 Å². The van der Waals surface area contributed by atoms with Crippen LogP contribution in [0.15, 0.2) is 41.1 Å². The first-order valence-electron chi connectivity index (χ1n) is 4.45. The Hall–Kier alpha value is -1.52. The average Bonchev–Trinajstić information content (AvgIpc) is 2.70. The summed E-state index contributed by atoms with van der Waals surface area (Å²) in [6.07, 6.45) is 0. The van der Waals surface area contributed by atoms with Gasteiger partial charge >= 0.3 is 0 Å². The SMILES string of the molecule is Cc1ccc(C#Cc2ccsc2)cc1. The molecule has 68 valence electrons. The lowest BCUT2D eigenvalue weighted by Gasteiger charge is -1.90. The van der Waals surface area contributed by atoms with Gasteiger partial charge < -0.3 is 0 Å². The quantitative estimate of drug-likeness (QED) is 0.569. The second-order valence-corrected chi connectivity index (χ2v) is 3.91. The predicted octanol–water partition coefficient (Wildman–Crippen LogP) is 3.46. The van der Waals surface area contributed by atoms with E-state index in [0.29, 0.717) is 0 Å². The Morgan fingerprint density at radius 1 is 0.929 bits per heavy atom. The van der Waals surface area contributed by atoms with E-state index < -0.39 is 0 Å². The van der Waals surface area contributed by atoms with E-state index in [1.807, 2.05) is 11.4 Å². The highest BCUT2D eigenvalue weighted by atomic mass is 32.1. The fourth-order valence-corrected chi connectivity index (χ4v) is 1.70. The Morgan fingerprint density at radius 2 is 1.64 bits per heavy atom. The van der Waals surface area contributed by atoms with Crippen molar-refractivity contribution in [3.05, 3.63) is 57.8 Å². The van der Waals surface area contributed by atoms with E-state index in [9.17, 15) is 0 Å². The van der Waals surface area contributed by atoms with Crippen LogP contribution < -0.4 is 0 Å². The van der Waals surface area contributed by atoms with Crippen LogP contribution in [0.2, 0.25) is 0 Å². The first-order chi connectivity index (χ1) is 6.84. The van der Waals surface area contributed by atoms with Crippen molar-refractivity contribution in [2.45, 2.75) is 6.92 Å². The van der Waals surface area contributed by atoms with Crippen molar-refractivity contribution in [3.63, 3.8) is 0 Å². The third kappa shape index (κ3) is 2.25. The molecule has 0 aliphatic rings. The summed E-state index contributed by atoms with van der Waals surface area (Å²) in [4.78, 5) is 0. The second kappa shape index (κ2) is 4.13. The van der Waals surface area contributed by atoms with Crippen LogP contribution in [0.5, 0.6) is 0 Å². The summed E-state index contributed by atoms with van der Waals surface area (Å²) in [6.45, 7) is 2.08. The largest absolute Gasteiger partial charge is 0.151 e. The van der Waals surface area contributed by atoms with Crippen LogP contribution in [0.1, 0.15) is 16.7 Å². The molecule has 1 heteroatoms. The van der Waals surface area contributed by atoms with E-state index in [-0.39, 0.29) is 0 Å². The maximum Gasteiger partial charge on any atom is 0.0356 e. The Balaban J connectivity index is 2.22. The smallest absolute Gasteiger partial charge is 0.0356 e. The number of hydrogen-bond acceptors (Lipinski definition) is 1. The van der Waals surface area contributed by atoms with Crippen LogP contribution in [0.4, 0.5) is 0 Å². The van der Waals surface area contributed by atoms with Gasteiger partial charge in [0.1, 0.15) is 0 Å². The van der Waals surface area contributed by atoms with Gasteiger partial charge in [-0.2, -0.15) is 11.3 Å². The van der Waals surface area contributed by atoms with Crippen molar-refractivity contribution in [2.75, 3.05) is 0 Å². The molecule has 0 nitrogen and oxygen atoms in total. The molecule has 14 heavy (non-hydrogen) atoms. The zero-order valence-electron chi connectivity index (χ0n) is 7.95. The summed E-state index contributed by atoms with van der Waals surface area (Å²) in [6, 6.07) is 10.3. The van der Waals surface area contributed by atoms with Crippen LogP contribution in [0.3, 0.4) is 0 Å². The molecule has 0 aliphatic heterocycles.